The summed E-state index contributed by atoms with van der Waals surface area (Å²) in [6.07, 6.45) is 17.0. The molecule has 8 heteroatoms. The second-order valence-corrected chi connectivity index (χ2v) is 16.6. The van der Waals surface area contributed by atoms with Crippen molar-refractivity contribution in [2.24, 2.45) is 5.41 Å². The number of rotatable bonds is 30. The second kappa shape index (κ2) is 28.0. The summed E-state index contributed by atoms with van der Waals surface area (Å²) in [5, 5.41) is 0. The van der Waals surface area contributed by atoms with Crippen LogP contribution < -0.4 is 0 Å². The quantitative estimate of drug-likeness (QED) is 0.0284. The molecular weight excluding hydrogens is 729 g/mol. The largest absolute Gasteiger partial charge is 0.461 e. The van der Waals surface area contributed by atoms with E-state index < -0.39 is 23.0 Å². The average Bonchev–Trinajstić information content (AvgIpc) is 3.22. The molecule has 0 saturated carbocycles. The predicted molar refractivity (Wildman–Crippen MR) is 229 cm³/mol. The molecule has 3 rings (SSSR count). The molecule has 0 spiro atoms. The number of unbranched alkanes of at least 4 members (excludes halogenated alkanes) is 14. The van der Waals surface area contributed by atoms with Crippen LogP contribution in [0.15, 0.2) is 91.0 Å². The fourth-order valence-corrected chi connectivity index (χ4v) is 6.99. The lowest BCUT2D eigenvalue weighted by Crippen LogP contribution is -2.44. The maximum Gasteiger partial charge on any atom is 0.324 e. The van der Waals surface area contributed by atoms with E-state index in [1.165, 1.54) is 0 Å². The Morgan fingerprint density at radius 1 is 0.397 bits per heavy atom. The first-order chi connectivity index (χ1) is 28.1. The Balaban J connectivity index is 1.40. The first kappa shape index (κ1) is 47.9. The van der Waals surface area contributed by atoms with Gasteiger partial charge in [-0.2, -0.15) is 0 Å². The minimum Gasteiger partial charge on any atom is -0.461 e. The van der Waals surface area contributed by atoms with E-state index in [9.17, 15) is 19.2 Å². The van der Waals surface area contributed by atoms with Gasteiger partial charge in [-0.1, -0.05) is 181 Å². The molecule has 0 aliphatic carbocycles. The number of benzene rings is 3. The van der Waals surface area contributed by atoms with Crippen molar-refractivity contribution in [3.63, 3.8) is 0 Å². The van der Waals surface area contributed by atoms with Crippen molar-refractivity contribution in [2.45, 2.75) is 175 Å². The van der Waals surface area contributed by atoms with Gasteiger partial charge >= 0.3 is 23.9 Å². The zero-order valence-corrected chi connectivity index (χ0v) is 35.7. The van der Waals surface area contributed by atoms with Crippen LogP contribution >= 0.6 is 0 Å². The molecule has 0 bridgehead atoms. The topological polar surface area (TPSA) is 105 Å². The van der Waals surface area contributed by atoms with Gasteiger partial charge in [0.15, 0.2) is 5.41 Å². The Morgan fingerprint density at radius 2 is 0.707 bits per heavy atom. The van der Waals surface area contributed by atoms with E-state index >= 15 is 0 Å². The zero-order chi connectivity index (χ0) is 41.7. The van der Waals surface area contributed by atoms with E-state index in [0.29, 0.717) is 38.9 Å². The molecule has 3 aromatic carbocycles. The summed E-state index contributed by atoms with van der Waals surface area (Å²) in [5.74, 6) is -1.28. The summed E-state index contributed by atoms with van der Waals surface area (Å²) >= 11 is 0. The monoisotopic (exact) mass is 799 g/mol. The van der Waals surface area contributed by atoms with Gasteiger partial charge in [0.25, 0.3) is 0 Å². The molecule has 0 aliphatic rings. The average molecular weight is 799 g/mol. The third-order valence-corrected chi connectivity index (χ3v) is 10.3. The molecule has 58 heavy (non-hydrogen) atoms. The SMILES string of the molecule is CC(C)(C)OC(=O)C(CCCCCCCCCCC(=O)OCc1ccccc1)(CCCCCCCCCCC(=O)OCc1ccccc1)C(=O)OCc1ccccc1. The van der Waals surface area contributed by atoms with Gasteiger partial charge in [-0.25, -0.2) is 0 Å². The van der Waals surface area contributed by atoms with Gasteiger partial charge < -0.3 is 18.9 Å². The molecule has 8 nitrogen and oxygen atoms in total. The molecule has 0 saturated heterocycles. The van der Waals surface area contributed by atoms with Crippen LogP contribution in [0.5, 0.6) is 0 Å². The summed E-state index contributed by atoms with van der Waals surface area (Å²) in [7, 11) is 0. The first-order valence-corrected chi connectivity index (χ1v) is 21.9. The van der Waals surface area contributed by atoms with E-state index in [1.54, 1.807) is 0 Å². The first-order valence-electron chi connectivity index (χ1n) is 21.9. The number of hydrogen-bond donors (Lipinski definition) is 0. The number of carbonyl (C=O) groups excluding carboxylic acids is 4. The standard InChI is InChI=1S/C50H70O8/c1-49(2,3)58-48(54)50(47(53)57-41-44-33-23-18-24-34-44,37-27-14-10-6-4-8-12-25-35-45(51)55-39-42-29-19-16-20-30-42)38-28-15-11-7-5-9-13-26-36-46(52)56-40-43-31-21-17-22-32-43/h16-24,29-34H,4-15,25-28,35-41H2,1-3H3. The zero-order valence-electron chi connectivity index (χ0n) is 35.7. The van der Waals surface area contributed by atoms with Crippen molar-refractivity contribution in [2.75, 3.05) is 0 Å². The normalized spacial score (nSPS) is 11.5. The highest BCUT2D eigenvalue weighted by molar-refractivity contribution is 6.00. The molecule has 0 heterocycles. The fourth-order valence-electron chi connectivity index (χ4n) is 6.99. The molecule has 0 aromatic heterocycles. The molecule has 0 aliphatic heterocycles. The van der Waals surface area contributed by atoms with Gasteiger partial charge in [0, 0.05) is 12.8 Å². The second-order valence-electron chi connectivity index (χ2n) is 16.6. The van der Waals surface area contributed by atoms with Crippen molar-refractivity contribution in [3.05, 3.63) is 108 Å². The minimum absolute atomic E-state index is 0.111. The lowest BCUT2D eigenvalue weighted by molar-refractivity contribution is -0.182. The maximum atomic E-state index is 14.0. The Morgan fingerprint density at radius 3 is 1.05 bits per heavy atom. The van der Waals surface area contributed by atoms with Crippen LogP contribution in [-0.4, -0.2) is 29.5 Å². The van der Waals surface area contributed by atoms with E-state index in [2.05, 4.69) is 0 Å². The molecule has 0 atom stereocenters. The molecule has 0 unspecified atom stereocenters. The molecular formula is C50H70O8. The van der Waals surface area contributed by atoms with Crippen LogP contribution in [-0.2, 0) is 57.9 Å². The molecule has 3 aromatic rings. The third-order valence-electron chi connectivity index (χ3n) is 10.3. The van der Waals surface area contributed by atoms with Gasteiger partial charge in [0.1, 0.15) is 25.4 Å². The van der Waals surface area contributed by atoms with Gasteiger partial charge in [0.05, 0.1) is 0 Å². The number of esters is 4. The van der Waals surface area contributed by atoms with Gasteiger partial charge in [0.2, 0.25) is 0 Å². The van der Waals surface area contributed by atoms with E-state index in [0.717, 1.165) is 119 Å². The molecule has 0 N–H and O–H groups in total. The number of ether oxygens (including phenoxy) is 4. The maximum absolute atomic E-state index is 14.0. The summed E-state index contributed by atoms with van der Waals surface area (Å²) in [6.45, 7) is 6.27. The number of hydrogen-bond acceptors (Lipinski definition) is 8. The van der Waals surface area contributed by atoms with Crippen LogP contribution in [0.25, 0.3) is 0 Å². The Bertz CT molecular complexity index is 1490. The van der Waals surface area contributed by atoms with Crippen molar-refractivity contribution < 1.29 is 38.1 Å². The predicted octanol–water partition coefficient (Wildman–Crippen LogP) is 12.3. The Kier molecular flexibility index (Phi) is 23.2. The smallest absolute Gasteiger partial charge is 0.324 e. The van der Waals surface area contributed by atoms with Crippen molar-refractivity contribution >= 4 is 23.9 Å². The molecule has 0 amide bonds. The van der Waals surface area contributed by atoms with E-state index in [1.807, 2.05) is 112 Å². The third kappa shape index (κ3) is 20.8. The van der Waals surface area contributed by atoms with Crippen LogP contribution in [0.1, 0.15) is 166 Å². The van der Waals surface area contributed by atoms with Crippen LogP contribution in [0.2, 0.25) is 0 Å². The summed E-state index contributed by atoms with van der Waals surface area (Å²) < 4.78 is 22.6. The fraction of sp³-hybridized carbons (Fsp3) is 0.560. The highest BCUT2D eigenvalue weighted by Crippen LogP contribution is 2.37. The van der Waals surface area contributed by atoms with E-state index in [-0.39, 0.29) is 18.5 Å². The molecule has 318 valence electrons. The highest BCUT2D eigenvalue weighted by atomic mass is 16.6. The van der Waals surface area contributed by atoms with Crippen molar-refractivity contribution in [1.82, 2.24) is 0 Å². The van der Waals surface area contributed by atoms with Gasteiger partial charge in [-0.05, 0) is 63.1 Å². The van der Waals surface area contributed by atoms with Crippen molar-refractivity contribution in [3.8, 4) is 0 Å². The lowest BCUT2D eigenvalue weighted by atomic mass is 9.77. The number of carbonyl (C=O) groups is 4. The summed E-state index contributed by atoms with van der Waals surface area (Å²) in [6, 6.07) is 29.0. The Labute approximate surface area is 348 Å². The van der Waals surface area contributed by atoms with Crippen LogP contribution in [0.4, 0.5) is 0 Å². The molecule has 0 radical (unpaired) electrons. The van der Waals surface area contributed by atoms with Gasteiger partial charge in [-0.15, -0.1) is 0 Å². The highest BCUT2D eigenvalue weighted by Gasteiger charge is 2.49. The molecule has 0 fully saturated rings. The lowest BCUT2D eigenvalue weighted by Gasteiger charge is -2.33. The van der Waals surface area contributed by atoms with Crippen molar-refractivity contribution in [1.29, 1.82) is 0 Å². The van der Waals surface area contributed by atoms with E-state index in [4.69, 9.17) is 18.9 Å². The summed E-state index contributed by atoms with van der Waals surface area (Å²) in [5.41, 5.74) is 0.776. The summed E-state index contributed by atoms with van der Waals surface area (Å²) in [4.78, 5) is 52.3. The van der Waals surface area contributed by atoms with Gasteiger partial charge in [-0.3, -0.25) is 19.2 Å². The minimum atomic E-state index is -1.35. The Hall–Kier alpha value is -4.46. The van der Waals surface area contributed by atoms with Crippen LogP contribution in [0.3, 0.4) is 0 Å². The van der Waals surface area contributed by atoms with Crippen LogP contribution in [0, 0.1) is 5.41 Å².